The number of rotatable bonds is 4. The fourth-order valence-corrected chi connectivity index (χ4v) is 1.33. The zero-order chi connectivity index (χ0) is 11.2. The second-order valence-electron chi connectivity index (χ2n) is 3.18. The summed E-state index contributed by atoms with van der Waals surface area (Å²) in [6.45, 7) is 0. The van der Waals surface area contributed by atoms with Crippen molar-refractivity contribution < 1.29 is 10.3 Å². The van der Waals surface area contributed by atoms with Gasteiger partial charge in [-0.1, -0.05) is 0 Å². The maximum Gasteiger partial charge on any atom is 0.204 e. The Balaban J connectivity index is 2.21. The summed E-state index contributed by atoms with van der Waals surface area (Å²) < 4.78 is 0. The standard InChI is InChI=1S/C11H12N4O/c1-16-15-11-8-13-6-4-10(11)14-9-3-2-5-12-7-9/h2-8,15H,1H3,(H,13,14)/p+1. The van der Waals surface area contributed by atoms with Crippen molar-refractivity contribution in [3.8, 4) is 0 Å². The Kier molecular flexibility index (Phi) is 3.42. The number of quaternary nitrogens is 1. The van der Waals surface area contributed by atoms with Crippen LogP contribution in [0.1, 0.15) is 0 Å². The van der Waals surface area contributed by atoms with Crippen LogP contribution in [0.5, 0.6) is 0 Å². The zero-order valence-corrected chi connectivity index (χ0v) is 8.92. The largest absolute Gasteiger partial charge is 0.349 e. The molecule has 0 saturated heterocycles. The smallest absolute Gasteiger partial charge is 0.204 e. The van der Waals surface area contributed by atoms with Crippen molar-refractivity contribution in [2.24, 2.45) is 0 Å². The third-order valence-electron chi connectivity index (χ3n) is 2.04. The predicted octanol–water partition coefficient (Wildman–Crippen LogP) is 0.976. The maximum absolute atomic E-state index is 4.99. The zero-order valence-electron chi connectivity index (χ0n) is 8.92. The minimum absolute atomic E-state index is 0.897. The molecule has 2 aromatic heterocycles. The molecule has 0 aliphatic rings. The number of aromatic nitrogens is 2. The van der Waals surface area contributed by atoms with Crippen molar-refractivity contribution in [2.75, 3.05) is 12.4 Å². The molecule has 82 valence electrons. The van der Waals surface area contributed by atoms with Gasteiger partial charge < -0.3 is 5.32 Å². The van der Waals surface area contributed by atoms with Gasteiger partial charge in [0.05, 0.1) is 25.2 Å². The van der Waals surface area contributed by atoms with Gasteiger partial charge in [0, 0.05) is 12.4 Å². The Morgan fingerprint density at radius 3 is 2.81 bits per heavy atom. The molecule has 16 heavy (non-hydrogen) atoms. The predicted molar refractivity (Wildman–Crippen MR) is 60.4 cm³/mol. The summed E-state index contributed by atoms with van der Waals surface area (Å²) in [5.74, 6) is 0. The minimum Gasteiger partial charge on any atom is -0.349 e. The van der Waals surface area contributed by atoms with Gasteiger partial charge in [0.1, 0.15) is 5.69 Å². The van der Waals surface area contributed by atoms with E-state index in [1.54, 1.807) is 37.4 Å². The van der Waals surface area contributed by atoms with E-state index in [4.69, 9.17) is 4.84 Å². The van der Waals surface area contributed by atoms with Crippen LogP contribution < -0.4 is 10.8 Å². The molecule has 0 saturated carbocycles. The van der Waals surface area contributed by atoms with Gasteiger partial charge in [0.15, 0.2) is 0 Å². The molecule has 3 N–H and O–H groups in total. The molecule has 2 aromatic rings. The second-order valence-corrected chi connectivity index (χ2v) is 3.18. The molecule has 0 aromatic carbocycles. The Morgan fingerprint density at radius 1 is 1.19 bits per heavy atom. The van der Waals surface area contributed by atoms with Gasteiger partial charge in [-0.25, -0.2) is 4.84 Å². The molecule has 0 unspecified atom stereocenters. The highest BCUT2D eigenvalue weighted by Gasteiger charge is 2.05. The molecule has 0 spiro atoms. The summed E-state index contributed by atoms with van der Waals surface area (Å²) in [5, 5.41) is 3.24. The van der Waals surface area contributed by atoms with Crippen LogP contribution in [-0.4, -0.2) is 17.1 Å². The van der Waals surface area contributed by atoms with Gasteiger partial charge in [-0.05, 0) is 18.2 Å². The molecule has 0 atom stereocenters. The van der Waals surface area contributed by atoms with E-state index in [0.717, 1.165) is 17.1 Å². The number of nitrogens with zero attached hydrogens (tertiary/aromatic N) is 2. The van der Waals surface area contributed by atoms with E-state index in [1.807, 2.05) is 18.2 Å². The Labute approximate surface area is 93.5 Å². The van der Waals surface area contributed by atoms with Gasteiger partial charge in [0.2, 0.25) is 5.69 Å². The topological polar surface area (TPSA) is 63.7 Å². The molecule has 5 nitrogen and oxygen atoms in total. The third-order valence-corrected chi connectivity index (χ3v) is 2.04. The Hall–Kier alpha value is -1.98. The summed E-state index contributed by atoms with van der Waals surface area (Å²) >= 11 is 0. The lowest BCUT2D eigenvalue weighted by Crippen LogP contribution is -2.76. The van der Waals surface area contributed by atoms with E-state index in [1.165, 1.54) is 0 Å². The van der Waals surface area contributed by atoms with Crippen molar-refractivity contribution in [2.45, 2.75) is 0 Å². The van der Waals surface area contributed by atoms with Crippen molar-refractivity contribution in [1.29, 1.82) is 0 Å². The minimum atomic E-state index is 0.897. The first-order valence-electron chi connectivity index (χ1n) is 4.87. The highest BCUT2D eigenvalue weighted by molar-refractivity contribution is 5.67. The van der Waals surface area contributed by atoms with Crippen LogP contribution in [0.25, 0.3) is 0 Å². The molecule has 0 radical (unpaired) electrons. The van der Waals surface area contributed by atoms with Gasteiger partial charge in [0.25, 0.3) is 0 Å². The fraction of sp³-hybridized carbons (Fsp3) is 0.0909. The normalized spacial score (nSPS) is 10.1. The van der Waals surface area contributed by atoms with Gasteiger partial charge in [-0.15, -0.1) is 0 Å². The maximum atomic E-state index is 4.99. The first-order valence-corrected chi connectivity index (χ1v) is 4.87. The number of hydrogen-bond acceptors (Lipinski definition) is 4. The Morgan fingerprint density at radius 2 is 2.06 bits per heavy atom. The van der Waals surface area contributed by atoms with Crippen molar-refractivity contribution in [1.82, 2.24) is 9.97 Å². The lowest BCUT2D eigenvalue weighted by atomic mass is 10.3. The second kappa shape index (κ2) is 5.20. The quantitative estimate of drug-likeness (QED) is 0.749. The number of nitrogens with one attached hydrogen (secondary N) is 1. The highest BCUT2D eigenvalue weighted by atomic mass is 16.6. The van der Waals surface area contributed by atoms with Crippen molar-refractivity contribution >= 4 is 17.1 Å². The first kappa shape index (κ1) is 10.5. The SMILES string of the molecule is CO[NH2+]c1cnccc1Nc1cccnc1. The van der Waals surface area contributed by atoms with E-state index >= 15 is 0 Å². The highest BCUT2D eigenvalue weighted by Crippen LogP contribution is 2.19. The van der Waals surface area contributed by atoms with Crippen molar-refractivity contribution in [3.05, 3.63) is 43.0 Å². The van der Waals surface area contributed by atoms with Crippen molar-refractivity contribution in [3.63, 3.8) is 0 Å². The van der Waals surface area contributed by atoms with Crippen LogP contribution in [0.4, 0.5) is 17.1 Å². The summed E-state index contributed by atoms with van der Waals surface area (Å²) in [6.07, 6.45) is 6.96. The van der Waals surface area contributed by atoms with Gasteiger partial charge in [-0.2, -0.15) is 5.48 Å². The van der Waals surface area contributed by atoms with Gasteiger partial charge >= 0.3 is 0 Å². The molecule has 0 aliphatic heterocycles. The Bertz CT molecular complexity index is 447. The summed E-state index contributed by atoms with van der Waals surface area (Å²) in [4.78, 5) is 13.1. The molecular formula is C11H13N4O+. The summed E-state index contributed by atoms with van der Waals surface area (Å²) in [7, 11) is 1.61. The van der Waals surface area contributed by atoms with E-state index in [-0.39, 0.29) is 0 Å². The number of anilines is 2. The van der Waals surface area contributed by atoms with Gasteiger partial charge in [-0.3, -0.25) is 9.97 Å². The molecule has 0 aliphatic carbocycles. The van der Waals surface area contributed by atoms with Crippen LogP contribution >= 0.6 is 0 Å². The number of pyridine rings is 2. The molecule has 2 heterocycles. The van der Waals surface area contributed by atoms with E-state index < -0.39 is 0 Å². The fourth-order valence-electron chi connectivity index (χ4n) is 1.33. The van der Waals surface area contributed by atoms with Crippen LogP contribution in [0.2, 0.25) is 0 Å². The average molecular weight is 217 g/mol. The summed E-state index contributed by atoms with van der Waals surface area (Å²) in [5.41, 5.74) is 4.41. The molecule has 5 heteroatoms. The van der Waals surface area contributed by atoms with E-state index in [9.17, 15) is 0 Å². The van der Waals surface area contributed by atoms with Crippen LogP contribution in [0.15, 0.2) is 43.0 Å². The van der Waals surface area contributed by atoms with E-state index in [2.05, 4.69) is 15.3 Å². The average Bonchev–Trinajstić information content (AvgIpc) is 2.33. The molecule has 0 bridgehead atoms. The van der Waals surface area contributed by atoms with E-state index in [0.29, 0.717) is 0 Å². The van der Waals surface area contributed by atoms with Crippen LogP contribution in [-0.2, 0) is 4.84 Å². The molecule has 2 rings (SSSR count). The number of nitrogens with two attached hydrogens (primary N) is 1. The van der Waals surface area contributed by atoms with Crippen LogP contribution in [0.3, 0.4) is 0 Å². The van der Waals surface area contributed by atoms with Crippen LogP contribution in [0, 0.1) is 0 Å². The monoisotopic (exact) mass is 217 g/mol. The first-order chi connectivity index (χ1) is 7.90. The molecule has 0 fully saturated rings. The lowest BCUT2D eigenvalue weighted by Gasteiger charge is -2.07. The lowest BCUT2D eigenvalue weighted by molar-refractivity contribution is -0.829. The molecular weight excluding hydrogens is 204 g/mol. The summed E-state index contributed by atoms with van der Waals surface area (Å²) in [6, 6.07) is 5.71. The molecule has 0 amide bonds. The number of hydrogen-bond donors (Lipinski definition) is 2. The third kappa shape index (κ3) is 2.53.